The molecular weight excluding hydrogens is 190 g/mol. The molecule has 0 aliphatic carbocycles. The van der Waals surface area contributed by atoms with Crippen molar-refractivity contribution in [3.63, 3.8) is 0 Å². The molecule has 4 heteroatoms. The highest BCUT2D eigenvalue weighted by molar-refractivity contribution is 6.81. The summed E-state index contributed by atoms with van der Waals surface area (Å²) in [5, 5.41) is -1.09. The summed E-state index contributed by atoms with van der Waals surface area (Å²) >= 11 is 0. The Morgan fingerprint density at radius 2 is 1.85 bits per heavy atom. The van der Waals surface area contributed by atoms with Crippen LogP contribution in [-0.2, 0) is 0 Å². The maximum absolute atomic E-state index is 13.7. The van der Waals surface area contributed by atoms with Crippen molar-refractivity contribution in [2.45, 2.75) is 32.7 Å². The quantitative estimate of drug-likeness (QED) is 0.506. The van der Waals surface area contributed by atoms with Gasteiger partial charge in [0.25, 0.3) is 0 Å². The highest BCUT2D eigenvalue weighted by Crippen LogP contribution is 2.37. The number of hydrogen-bond donors (Lipinski definition) is 0. The molecule has 1 aromatic heterocycles. The fourth-order valence-electron chi connectivity index (χ4n) is 0.965. The van der Waals surface area contributed by atoms with Crippen molar-refractivity contribution in [2.75, 3.05) is 0 Å². The highest BCUT2D eigenvalue weighted by Gasteiger charge is 2.53. The summed E-state index contributed by atoms with van der Waals surface area (Å²) in [5.41, 5.74) is 0.756. The minimum Gasteiger partial charge on any atom is -0.468 e. The Bertz CT molecular complexity index is 299. The van der Waals surface area contributed by atoms with Gasteiger partial charge in [0.2, 0.25) is 0 Å². The van der Waals surface area contributed by atoms with Crippen LogP contribution < -0.4 is 5.38 Å². The van der Waals surface area contributed by atoms with Gasteiger partial charge in [0.1, 0.15) is 0 Å². The van der Waals surface area contributed by atoms with E-state index >= 15 is 0 Å². The molecule has 0 saturated heterocycles. The zero-order valence-electron chi connectivity index (χ0n) is 8.32. The van der Waals surface area contributed by atoms with E-state index in [0.29, 0.717) is 0 Å². The zero-order valence-corrected chi connectivity index (χ0v) is 9.32. The molecular formula is C9H14F2OSi. The molecule has 1 aromatic rings. The van der Waals surface area contributed by atoms with Crippen LogP contribution >= 0.6 is 0 Å². The molecule has 13 heavy (non-hydrogen) atoms. The van der Waals surface area contributed by atoms with E-state index < -0.39 is 13.8 Å². The van der Waals surface area contributed by atoms with Gasteiger partial charge in [0.15, 0.2) is 5.38 Å². The van der Waals surface area contributed by atoms with E-state index in [4.69, 9.17) is 4.42 Å². The summed E-state index contributed by atoms with van der Waals surface area (Å²) in [4.78, 5) is 0. The standard InChI is InChI=1S/C9H14F2OSi/c1-7-5-8(12-6-7)13(10,11)9(2,3)4/h5-6H,1-4H3. The fourth-order valence-corrected chi connectivity index (χ4v) is 2.32. The number of furan rings is 1. The van der Waals surface area contributed by atoms with Crippen LogP contribution in [0.25, 0.3) is 0 Å². The van der Waals surface area contributed by atoms with Gasteiger partial charge < -0.3 is 4.42 Å². The third-order valence-electron chi connectivity index (χ3n) is 1.98. The summed E-state index contributed by atoms with van der Waals surface area (Å²) in [6, 6.07) is 1.44. The first-order valence-electron chi connectivity index (χ1n) is 4.18. The van der Waals surface area contributed by atoms with Gasteiger partial charge in [0, 0.05) is 5.04 Å². The maximum Gasteiger partial charge on any atom is 0.494 e. The van der Waals surface area contributed by atoms with E-state index in [1.807, 2.05) is 0 Å². The summed E-state index contributed by atoms with van der Waals surface area (Å²) in [6.45, 7) is 6.41. The normalized spacial score (nSPS) is 13.4. The smallest absolute Gasteiger partial charge is 0.468 e. The van der Waals surface area contributed by atoms with Crippen molar-refractivity contribution < 1.29 is 12.6 Å². The second kappa shape index (κ2) is 2.94. The van der Waals surface area contributed by atoms with Crippen molar-refractivity contribution in [1.29, 1.82) is 0 Å². The Morgan fingerprint density at radius 1 is 1.31 bits per heavy atom. The SMILES string of the molecule is Cc1coc([Si](F)(F)C(C)(C)C)c1. The van der Waals surface area contributed by atoms with Crippen LogP contribution in [0.2, 0.25) is 5.04 Å². The predicted molar refractivity (Wildman–Crippen MR) is 50.8 cm³/mol. The van der Waals surface area contributed by atoms with Crippen molar-refractivity contribution in [1.82, 2.24) is 0 Å². The summed E-state index contributed by atoms with van der Waals surface area (Å²) in [5.74, 6) is 0. The van der Waals surface area contributed by atoms with Crippen molar-refractivity contribution in [3.8, 4) is 0 Å². The molecule has 0 bridgehead atoms. The van der Waals surface area contributed by atoms with E-state index in [2.05, 4.69) is 0 Å². The first-order chi connectivity index (χ1) is 5.75. The first-order valence-corrected chi connectivity index (χ1v) is 5.94. The molecule has 0 fully saturated rings. The molecule has 0 spiro atoms. The van der Waals surface area contributed by atoms with Gasteiger partial charge in [-0.25, -0.2) is 0 Å². The van der Waals surface area contributed by atoms with Crippen LogP contribution in [0.15, 0.2) is 16.7 Å². The Morgan fingerprint density at radius 3 is 2.15 bits per heavy atom. The Kier molecular flexibility index (Phi) is 2.36. The lowest BCUT2D eigenvalue weighted by Gasteiger charge is -2.24. The third kappa shape index (κ3) is 1.82. The lowest BCUT2D eigenvalue weighted by molar-refractivity contribution is 0.484. The largest absolute Gasteiger partial charge is 0.494 e. The number of rotatable bonds is 1. The van der Waals surface area contributed by atoms with Gasteiger partial charge >= 0.3 is 8.74 Å². The average Bonchev–Trinajstić information content (AvgIpc) is 2.33. The topological polar surface area (TPSA) is 13.1 Å². The third-order valence-corrected chi connectivity index (χ3v) is 4.75. The maximum atomic E-state index is 13.7. The lowest BCUT2D eigenvalue weighted by atomic mass is 10.2. The summed E-state index contributed by atoms with van der Waals surface area (Å²) in [6.07, 6.45) is 1.38. The molecule has 1 nitrogen and oxygen atoms in total. The van der Waals surface area contributed by atoms with Crippen LogP contribution in [0.1, 0.15) is 26.3 Å². The van der Waals surface area contributed by atoms with Gasteiger partial charge in [-0.05, 0) is 18.6 Å². The van der Waals surface area contributed by atoms with Crippen LogP contribution in [0.4, 0.5) is 8.22 Å². The van der Waals surface area contributed by atoms with E-state index in [9.17, 15) is 8.22 Å². The summed E-state index contributed by atoms with van der Waals surface area (Å²) in [7, 11) is -4.43. The van der Waals surface area contributed by atoms with Crippen molar-refractivity contribution in [3.05, 3.63) is 17.9 Å². The van der Waals surface area contributed by atoms with E-state index in [1.54, 1.807) is 27.7 Å². The van der Waals surface area contributed by atoms with E-state index in [-0.39, 0.29) is 5.38 Å². The Balaban J connectivity index is 3.07. The van der Waals surface area contributed by atoms with Crippen LogP contribution in [0.5, 0.6) is 0 Å². The van der Waals surface area contributed by atoms with E-state index in [0.717, 1.165) is 5.56 Å². The second-order valence-electron chi connectivity index (χ2n) is 4.31. The van der Waals surface area contributed by atoms with E-state index in [1.165, 1.54) is 12.3 Å². The molecule has 0 atom stereocenters. The van der Waals surface area contributed by atoms with Crippen LogP contribution in [0, 0.1) is 6.92 Å². The molecule has 0 unspecified atom stereocenters. The minimum absolute atomic E-state index is 0.113. The number of aryl methyl sites for hydroxylation is 1. The molecule has 0 aliphatic rings. The molecule has 0 aromatic carbocycles. The lowest BCUT2D eigenvalue weighted by Crippen LogP contribution is -2.46. The molecule has 0 aliphatic heterocycles. The van der Waals surface area contributed by atoms with Gasteiger partial charge in [-0.3, -0.25) is 8.22 Å². The molecule has 0 amide bonds. The zero-order chi connectivity index (χ0) is 10.3. The number of halogens is 2. The first kappa shape index (κ1) is 10.4. The molecule has 74 valence electrons. The highest BCUT2D eigenvalue weighted by atomic mass is 28.4. The molecule has 0 N–H and O–H groups in total. The number of hydrogen-bond acceptors (Lipinski definition) is 1. The Labute approximate surface area is 78.1 Å². The van der Waals surface area contributed by atoms with Gasteiger partial charge in [-0.2, -0.15) is 0 Å². The van der Waals surface area contributed by atoms with Crippen LogP contribution in [0.3, 0.4) is 0 Å². The Hall–Kier alpha value is -0.643. The van der Waals surface area contributed by atoms with Gasteiger partial charge in [-0.15, -0.1) is 0 Å². The molecule has 1 rings (SSSR count). The monoisotopic (exact) mass is 204 g/mol. The van der Waals surface area contributed by atoms with Crippen LogP contribution in [-0.4, -0.2) is 8.74 Å². The minimum atomic E-state index is -4.43. The summed E-state index contributed by atoms with van der Waals surface area (Å²) < 4.78 is 32.3. The average molecular weight is 204 g/mol. The predicted octanol–water partition coefficient (Wildman–Crippen LogP) is 2.98. The molecule has 0 saturated carbocycles. The molecule has 1 heterocycles. The van der Waals surface area contributed by atoms with Gasteiger partial charge in [-0.1, -0.05) is 20.8 Å². The van der Waals surface area contributed by atoms with Crippen molar-refractivity contribution >= 4 is 14.1 Å². The van der Waals surface area contributed by atoms with Gasteiger partial charge in [0.05, 0.1) is 6.26 Å². The van der Waals surface area contributed by atoms with Crippen molar-refractivity contribution in [2.24, 2.45) is 0 Å². The fraction of sp³-hybridized carbons (Fsp3) is 0.556. The second-order valence-corrected chi connectivity index (χ2v) is 7.45. The molecule has 0 radical (unpaired) electrons.